The fourth-order valence-electron chi connectivity index (χ4n) is 1.67. The summed E-state index contributed by atoms with van der Waals surface area (Å²) in [6.45, 7) is 0. The first-order valence-electron chi connectivity index (χ1n) is 6.01. The van der Waals surface area contributed by atoms with Gasteiger partial charge in [0.25, 0.3) is 0 Å². The SMILES string of the molecule is NNC(=O)CCCCSc1n[nH]c(=O)n1C1CC1. The predicted octanol–water partition coefficient (Wildman–Crippen LogP) is 0.159. The van der Waals surface area contributed by atoms with E-state index < -0.39 is 0 Å². The van der Waals surface area contributed by atoms with Crippen LogP contribution in [0.4, 0.5) is 0 Å². The van der Waals surface area contributed by atoms with Crippen molar-refractivity contribution in [2.75, 3.05) is 5.75 Å². The summed E-state index contributed by atoms with van der Waals surface area (Å²) in [6, 6.07) is 0.335. The lowest BCUT2D eigenvalue weighted by Gasteiger charge is -2.03. The number of hydrogen-bond donors (Lipinski definition) is 3. The zero-order valence-electron chi connectivity index (χ0n) is 10.0. The second kappa shape index (κ2) is 6.05. The molecule has 2 rings (SSSR count). The average molecular weight is 271 g/mol. The summed E-state index contributed by atoms with van der Waals surface area (Å²) in [5, 5.41) is 7.25. The number of hydrazine groups is 1. The van der Waals surface area contributed by atoms with Gasteiger partial charge in [-0.05, 0) is 25.7 Å². The lowest BCUT2D eigenvalue weighted by atomic mass is 10.2. The number of thioether (sulfide) groups is 1. The molecule has 0 saturated heterocycles. The molecule has 8 heteroatoms. The molecule has 1 aliphatic rings. The van der Waals surface area contributed by atoms with Crippen molar-refractivity contribution < 1.29 is 4.79 Å². The molecule has 7 nitrogen and oxygen atoms in total. The first kappa shape index (κ1) is 13.2. The highest BCUT2D eigenvalue weighted by molar-refractivity contribution is 7.99. The number of H-pyrrole nitrogens is 1. The van der Waals surface area contributed by atoms with Gasteiger partial charge in [0.15, 0.2) is 5.16 Å². The third-order valence-electron chi connectivity index (χ3n) is 2.77. The largest absolute Gasteiger partial charge is 0.344 e. The molecule has 0 bridgehead atoms. The van der Waals surface area contributed by atoms with Crippen LogP contribution in [0.2, 0.25) is 0 Å². The number of nitrogens with zero attached hydrogens (tertiary/aromatic N) is 2. The van der Waals surface area contributed by atoms with Gasteiger partial charge in [0, 0.05) is 18.2 Å². The van der Waals surface area contributed by atoms with Gasteiger partial charge < -0.3 is 0 Å². The van der Waals surface area contributed by atoms with Gasteiger partial charge in [-0.15, -0.1) is 5.10 Å². The summed E-state index contributed by atoms with van der Waals surface area (Å²) in [4.78, 5) is 22.4. The van der Waals surface area contributed by atoms with E-state index in [0.717, 1.165) is 36.6 Å². The van der Waals surface area contributed by atoms with Crippen molar-refractivity contribution in [1.29, 1.82) is 0 Å². The Bertz CT molecular complexity index is 465. The van der Waals surface area contributed by atoms with Gasteiger partial charge in [-0.2, -0.15) is 0 Å². The summed E-state index contributed by atoms with van der Waals surface area (Å²) in [5.41, 5.74) is 1.98. The Morgan fingerprint density at radius 1 is 1.56 bits per heavy atom. The molecule has 1 heterocycles. The lowest BCUT2D eigenvalue weighted by Crippen LogP contribution is -2.29. The fraction of sp³-hybridized carbons (Fsp3) is 0.700. The van der Waals surface area contributed by atoms with Crippen LogP contribution >= 0.6 is 11.8 Å². The smallest absolute Gasteiger partial charge is 0.294 e. The molecule has 1 aromatic rings. The second-order valence-electron chi connectivity index (χ2n) is 4.29. The summed E-state index contributed by atoms with van der Waals surface area (Å²) < 4.78 is 1.73. The molecule has 0 radical (unpaired) electrons. The summed E-state index contributed by atoms with van der Waals surface area (Å²) in [7, 11) is 0. The van der Waals surface area contributed by atoms with Gasteiger partial charge in [0.05, 0.1) is 0 Å². The van der Waals surface area contributed by atoms with E-state index in [-0.39, 0.29) is 11.6 Å². The maximum atomic E-state index is 11.5. The van der Waals surface area contributed by atoms with E-state index >= 15 is 0 Å². The van der Waals surface area contributed by atoms with Crippen LogP contribution in [0.25, 0.3) is 0 Å². The zero-order chi connectivity index (χ0) is 13.0. The number of aromatic nitrogens is 3. The Labute approximate surface area is 108 Å². The van der Waals surface area contributed by atoms with Gasteiger partial charge in [0.2, 0.25) is 5.91 Å². The number of hydrogen-bond acceptors (Lipinski definition) is 5. The van der Waals surface area contributed by atoms with Crippen LogP contribution in [-0.4, -0.2) is 26.4 Å². The Balaban J connectivity index is 1.73. The zero-order valence-corrected chi connectivity index (χ0v) is 10.8. The predicted molar refractivity (Wildman–Crippen MR) is 68.0 cm³/mol. The molecule has 1 aromatic heterocycles. The highest BCUT2D eigenvalue weighted by atomic mass is 32.2. The van der Waals surface area contributed by atoms with Crippen molar-refractivity contribution >= 4 is 17.7 Å². The molecular formula is C10H17N5O2S. The van der Waals surface area contributed by atoms with Crippen molar-refractivity contribution in [2.24, 2.45) is 5.84 Å². The number of nitrogens with one attached hydrogen (secondary N) is 2. The van der Waals surface area contributed by atoms with Crippen LogP contribution in [-0.2, 0) is 4.79 Å². The monoisotopic (exact) mass is 271 g/mol. The Morgan fingerprint density at radius 3 is 3.00 bits per heavy atom. The molecule has 1 fully saturated rings. The highest BCUT2D eigenvalue weighted by Crippen LogP contribution is 2.36. The third-order valence-corrected chi connectivity index (χ3v) is 3.81. The first-order chi connectivity index (χ1) is 8.72. The molecule has 0 spiro atoms. The van der Waals surface area contributed by atoms with Gasteiger partial charge in [0.1, 0.15) is 0 Å². The van der Waals surface area contributed by atoms with Crippen molar-refractivity contribution in [3.63, 3.8) is 0 Å². The van der Waals surface area contributed by atoms with Crippen LogP contribution in [0.15, 0.2) is 9.95 Å². The van der Waals surface area contributed by atoms with Gasteiger partial charge in [-0.25, -0.2) is 15.7 Å². The topological polar surface area (TPSA) is 106 Å². The van der Waals surface area contributed by atoms with Crippen LogP contribution < -0.4 is 17.0 Å². The van der Waals surface area contributed by atoms with E-state index in [2.05, 4.69) is 15.6 Å². The van der Waals surface area contributed by atoms with Crippen molar-refractivity contribution in [1.82, 2.24) is 20.2 Å². The van der Waals surface area contributed by atoms with Crippen LogP contribution in [0.5, 0.6) is 0 Å². The van der Waals surface area contributed by atoms with Crippen LogP contribution in [0.3, 0.4) is 0 Å². The summed E-state index contributed by atoms with van der Waals surface area (Å²) in [5.74, 6) is 5.68. The number of unbranched alkanes of at least 4 members (excludes halogenated alkanes) is 1. The number of carbonyl (C=O) groups is 1. The molecule has 18 heavy (non-hydrogen) atoms. The van der Waals surface area contributed by atoms with Gasteiger partial charge >= 0.3 is 5.69 Å². The quantitative estimate of drug-likeness (QED) is 0.215. The Hall–Kier alpha value is -1.28. The third kappa shape index (κ3) is 3.36. The van der Waals surface area contributed by atoms with E-state index in [1.165, 1.54) is 0 Å². The molecule has 0 aliphatic heterocycles. The standard InChI is InChI=1S/C10H17N5O2S/c11-12-8(16)3-1-2-6-18-10-14-13-9(17)15(10)7-4-5-7/h7H,1-6,11H2,(H,12,16)(H,13,17). The van der Waals surface area contributed by atoms with E-state index in [1.54, 1.807) is 16.3 Å². The lowest BCUT2D eigenvalue weighted by molar-refractivity contribution is -0.121. The van der Waals surface area contributed by atoms with Crippen LogP contribution in [0, 0.1) is 0 Å². The fourth-order valence-corrected chi connectivity index (χ4v) is 2.68. The minimum absolute atomic E-state index is 0.123. The molecule has 100 valence electrons. The number of nitrogens with two attached hydrogens (primary N) is 1. The number of amides is 1. The Kier molecular flexibility index (Phi) is 4.43. The maximum absolute atomic E-state index is 11.5. The van der Waals surface area contributed by atoms with Crippen molar-refractivity contribution in [3.8, 4) is 0 Å². The molecule has 0 atom stereocenters. The minimum atomic E-state index is -0.144. The van der Waals surface area contributed by atoms with Crippen molar-refractivity contribution in [3.05, 3.63) is 10.5 Å². The normalized spacial score (nSPS) is 14.7. The molecule has 1 saturated carbocycles. The number of aromatic amines is 1. The van der Waals surface area contributed by atoms with E-state index in [4.69, 9.17) is 5.84 Å². The first-order valence-corrected chi connectivity index (χ1v) is 7.00. The molecule has 4 N–H and O–H groups in total. The van der Waals surface area contributed by atoms with Crippen molar-refractivity contribution in [2.45, 2.75) is 43.3 Å². The maximum Gasteiger partial charge on any atom is 0.344 e. The molecular weight excluding hydrogens is 254 g/mol. The number of rotatable bonds is 7. The summed E-state index contributed by atoms with van der Waals surface area (Å²) >= 11 is 1.55. The van der Waals surface area contributed by atoms with Crippen LogP contribution in [0.1, 0.15) is 38.1 Å². The highest BCUT2D eigenvalue weighted by Gasteiger charge is 2.28. The molecule has 0 unspecified atom stereocenters. The van der Waals surface area contributed by atoms with E-state index in [1.807, 2.05) is 0 Å². The van der Waals surface area contributed by atoms with E-state index in [0.29, 0.717) is 12.5 Å². The Morgan fingerprint density at radius 2 is 2.33 bits per heavy atom. The molecule has 1 aliphatic carbocycles. The van der Waals surface area contributed by atoms with E-state index in [9.17, 15) is 9.59 Å². The van der Waals surface area contributed by atoms with Gasteiger partial charge in [-0.1, -0.05) is 11.8 Å². The summed E-state index contributed by atoms with van der Waals surface area (Å²) in [6.07, 6.45) is 4.23. The molecule has 0 aromatic carbocycles. The average Bonchev–Trinajstić information content (AvgIpc) is 3.13. The second-order valence-corrected chi connectivity index (χ2v) is 5.35. The minimum Gasteiger partial charge on any atom is -0.294 e. The van der Waals surface area contributed by atoms with Gasteiger partial charge in [-0.3, -0.25) is 14.8 Å². The number of carbonyl (C=O) groups excluding carboxylic acids is 1. The molecule has 1 amide bonds.